The van der Waals surface area contributed by atoms with Crippen molar-refractivity contribution in [2.45, 2.75) is 32.6 Å². The van der Waals surface area contributed by atoms with Crippen molar-refractivity contribution >= 4 is 5.97 Å². The van der Waals surface area contributed by atoms with E-state index in [-0.39, 0.29) is 11.9 Å². The first-order valence-electron chi connectivity index (χ1n) is 4.68. The number of hydrogen-bond donors (Lipinski definition) is 0. The van der Waals surface area contributed by atoms with E-state index in [1.807, 2.05) is 0 Å². The van der Waals surface area contributed by atoms with Gasteiger partial charge >= 0.3 is 5.97 Å². The van der Waals surface area contributed by atoms with Crippen LogP contribution >= 0.6 is 0 Å². The van der Waals surface area contributed by atoms with Crippen molar-refractivity contribution in [2.24, 2.45) is 5.92 Å². The predicted molar refractivity (Wildman–Crippen MR) is 54.1 cm³/mol. The van der Waals surface area contributed by atoms with Gasteiger partial charge in [0.25, 0.3) is 0 Å². The molecule has 13 heavy (non-hydrogen) atoms. The van der Waals surface area contributed by atoms with Crippen LogP contribution in [-0.4, -0.2) is 5.97 Å². The lowest BCUT2D eigenvalue weighted by Crippen LogP contribution is -2.14. The Bertz CT molecular complexity index is 173. The third kappa shape index (κ3) is 5.23. The lowest BCUT2D eigenvalue weighted by atomic mass is 9.99. The fraction of sp³-hybridized carbons (Fsp3) is 0.545. The molecule has 74 valence electrons. The number of rotatable bonds is 7. The number of unbranched alkanes of at least 4 members (excludes halogenated alkanes) is 1. The Morgan fingerprint density at radius 3 is 2.69 bits per heavy atom. The molecule has 1 unspecified atom stereocenters. The maximum Gasteiger partial charge on any atom is 0.314 e. The topological polar surface area (TPSA) is 26.3 Å². The van der Waals surface area contributed by atoms with Gasteiger partial charge in [-0.1, -0.05) is 32.4 Å². The molecule has 0 heterocycles. The zero-order chi connectivity index (χ0) is 10.1. The SMILES string of the molecule is C=CCC(CCCC)C(=O)OC=C. The number of carbonyl (C=O) groups is 1. The Kier molecular flexibility index (Phi) is 6.98. The van der Waals surface area contributed by atoms with Crippen molar-refractivity contribution in [3.05, 3.63) is 25.5 Å². The fourth-order valence-electron chi connectivity index (χ4n) is 1.16. The highest BCUT2D eigenvalue weighted by Gasteiger charge is 2.16. The zero-order valence-electron chi connectivity index (χ0n) is 8.29. The zero-order valence-corrected chi connectivity index (χ0v) is 8.29. The van der Waals surface area contributed by atoms with Crippen LogP contribution in [0.2, 0.25) is 0 Å². The van der Waals surface area contributed by atoms with Crippen LogP contribution in [-0.2, 0) is 9.53 Å². The van der Waals surface area contributed by atoms with E-state index in [0.717, 1.165) is 19.3 Å². The van der Waals surface area contributed by atoms with Crippen molar-refractivity contribution in [1.82, 2.24) is 0 Å². The number of esters is 1. The van der Waals surface area contributed by atoms with Gasteiger partial charge in [-0.15, -0.1) is 6.58 Å². The molecule has 1 atom stereocenters. The van der Waals surface area contributed by atoms with Crippen LogP contribution < -0.4 is 0 Å². The molecule has 0 radical (unpaired) electrons. The molecule has 0 aromatic heterocycles. The normalized spacial score (nSPS) is 11.8. The van der Waals surface area contributed by atoms with Crippen molar-refractivity contribution < 1.29 is 9.53 Å². The highest BCUT2D eigenvalue weighted by atomic mass is 16.5. The van der Waals surface area contributed by atoms with Crippen LogP contribution in [0.15, 0.2) is 25.5 Å². The third-order valence-electron chi connectivity index (χ3n) is 1.89. The Hall–Kier alpha value is -1.05. The first-order valence-corrected chi connectivity index (χ1v) is 4.68. The Morgan fingerprint density at radius 2 is 2.23 bits per heavy atom. The Balaban J connectivity index is 3.97. The first kappa shape index (κ1) is 11.9. The van der Waals surface area contributed by atoms with Gasteiger partial charge in [-0.3, -0.25) is 4.79 Å². The van der Waals surface area contributed by atoms with Gasteiger partial charge < -0.3 is 4.74 Å². The number of carbonyl (C=O) groups excluding carboxylic acids is 1. The predicted octanol–water partition coefficient (Wildman–Crippen LogP) is 3.06. The van der Waals surface area contributed by atoms with Gasteiger partial charge in [0.05, 0.1) is 12.2 Å². The van der Waals surface area contributed by atoms with Crippen LogP contribution in [0.1, 0.15) is 32.6 Å². The van der Waals surface area contributed by atoms with Gasteiger partial charge in [-0.05, 0) is 12.8 Å². The molecule has 0 aromatic carbocycles. The molecule has 0 aliphatic rings. The monoisotopic (exact) mass is 182 g/mol. The van der Waals surface area contributed by atoms with Gasteiger partial charge in [-0.2, -0.15) is 0 Å². The minimum absolute atomic E-state index is 0.0459. The summed E-state index contributed by atoms with van der Waals surface area (Å²) in [6.07, 6.45) is 6.64. The largest absolute Gasteiger partial charge is 0.435 e. The molecular formula is C11H18O2. The van der Waals surface area contributed by atoms with E-state index < -0.39 is 0 Å². The van der Waals surface area contributed by atoms with Crippen LogP contribution in [0.25, 0.3) is 0 Å². The maximum atomic E-state index is 11.3. The molecule has 2 nitrogen and oxygen atoms in total. The van der Waals surface area contributed by atoms with Crippen LogP contribution in [0.4, 0.5) is 0 Å². The van der Waals surface area contributed by atoms with Crippen LogP contribution in [0.3, 0.4) is 0 Å². The maximum absolute atomic E-state index is 11.3. The molecule has 0 N–H and O–H groups in total. The smallest absolute Gasteiger partial charge is 0.314 e. The molecule has 0 rings (SSSR count). The quantitative estimate of drug-likeness (QED) is 0.343. The molecule has 0 saturated heterocycles. The van der Waals surface area contributed by atoms with E-state index in [2.05, 4.69) is 20.1 Å². The average Bonchev–Trinajstić information content (AvgIpc) is 2.12. The molecule has 0 spiro atoms. The van der Waals surface area contributed by atoms with Crippen molar-refractivity contribution in [3.8, 4) is 0 Å². The fourth-order valence-corrected chi connectivity index (χ4v) is 1.16. The summed E-state index contributed by atoms with van der Waals surface area (Å²) in [5.74, 6) is -0.237. The van der Waals surface area contributed by atoms with E-state index in [1.54, 1.807) is 6.08 Å². The highest BCUT2D eigenvalue weighted by molar-refractivity contribution is 5.73. The van der Waals surface area contributed by atoms with Gasteiger partial charge in [0.1, 0.15) is 0 Å². The molecule has 0 amide bonds. The standard InChI is InChI=1S/C11H18O2/c1-4-7-9-10(8-5-2)11(12)13-6-3/h5-6,10H,2-4,7-9H2,1H3. The molecule has 0 aromatic rings. The molecule has 0 aliphatic carbocycles. The number of allylic oxidation sites excluding steroid dienone is 1. The second kappa shape index (κ2) is 7.59. The molecule has 2 heteroatoms. The van der Waals surface area contributed by atoms with Gasteiger partial charge in [-0.25, -0.2) is 0 Å². The molecule has 0 bridgehead atoms. The number of ether oxygens (including phenoxy) is 1. The van der Waals surface area contributed by atoms with Crippen molar-refractivity contribution in [1.29, 1.82) is 0 Å². The summed E-state index contributed by atoms with van der Waals surface area (Å²) >= 11 is 0. The average molecular weight is 182 g/mol. The summed E-state index contributed by atoms with van der Waals surface area (Å²) in [6.45, 7) is 9.07. The molecule has 0 aliphatic heterocycles. The summed E-state index contributed by atoms with van der Waals surface area (Å²) < 4.78 is 4.73. The first-order chi connectivity index (χ1) is 6.26. The van der Waals surface area contributed by atoms with Crippen molar-refractivity contribution in [2.75, 3.05) is 0 Å². The second-order valence-electron chi connectivity index (χ2n) is 2.97. The minimum atomic E-state index is -0.191. The minimum Gasteiger partial charge on any atom is -0.435 e. The van der Waals surface area contributed by atoms with Gasteiger partial charge in [0.15, 0.2) is 0 Å². The van der Waals surface area contributed by atoms with Crippen LogP contribution in [0.5, 0.6) is 0 Å². The number of hydrogen-bond acceptors (Lipinski definition) is 2. The summed E-state index contributed by atoms with van der Waals surface area (Å²) in [4.78, 5) is 11.3. The van der Waals surface area contributed by atoms with Gasteiger partial charge in [0.2, 0.25) is 0 Å². The van der Waals surface area contributed by atoms with Gasteiger partial charge in [0, 0.05) is 0 Å². The summed E-state index contributed by atoms with van der Waals surface area (Å²) in [5, 5.41) is 0. The van der Waals surface area contributed by atoms with Crippen molar-refractivity contribution in [3.63, 3.8) is 0 Å². The summed E-state index contributed by atoms with van der Waals surface area (Å²) in [7, 11) is 0. The lowest BCUT2D eigenvalue weighted by molar-refractivity contribution is -0.142. The Labute approximate surface area is 80.3 Å². The Morgan fingerprint density at radius 1 is 1.54 bits per heavy atom. The van der Waals surface area contributed by atoms with E-state index in [9.17, 15) is 4.79 Å². The molecular weight excluding hydrogens is 164 g/mol. The highest BCUT2D eigenvalue weighted by Crippen LogP contribution is 2.15. The van der Waals surface area contributed by atoms with Crippen LogP contribution in [0, 0.1) is 5.92 Å². The van der Waals surface area contributed by atoms with E-state index in [4.69, 9.17) is 4.74 Å². The van der Waals surface area contributed by atoms with E-state index >= 15 is 0 Å². The molecule has 0 fully saturated rings. The molecule has 0 saturated carbocycles. The second-order valence-corrected chi connectivity index (χ2v) is 2.97. The van der Waals surface area contributed by atoms with E-state index in [1.165, 1.54) is 6.26 Å². The van der Waals surface area contributed by atoms with E-state index in [0.29, 0.717) is 6.42 Å². The lowest BCUT2D eigenvalue weighted by Gasteiger charge is -2.11. The summed E-state index contributed by atoms with van der Waals surface area (Å²) in [6, 6.07) is 0. The third-order valence-corrected chi connectivity index (χ3v) is 1.89. The summed E-state index contributed by atoms with van der Waals surface area (Å²) in [5.41, 5.74) is 0.